The quantitative estimate of drug-likeness (QED) is 0.222. The van der Waals surface area contributed by atoms with Crippen molar-refractivity contribution >= 4 is 43.6 Å². The molecule has 0 amide bonds. The molecule has 5 heteroatoms. The zero-order valence-corrected chi connectivity index (χ0v) is 22.8. The summed E-state index contributed by atoms with van der Waals surface area (Å²) in [7, 11) is 3.41. The number of ether oxygens (including phenoxy) is 2. The highest BCUT2D eigenvalue weighted by Crippen LogP contribution is 2.36. The first-order valence-electron chi connectivity index (χ1n) is 13.7. The molecule has 3 heterocycles. The third-order valence-corrected chi connectivity index (χ3v) is 8.10. The predicted molar refractivity (Wildman–Crippen MR) is 168 cm³/mol. The molecule has 5 nitrogen and oxygen atoms in total. The number of fused-ring (bicyclic) bond motifs is 5. The molecule has 0 saturated carbocycles. The van der Waals surface area contributed by atoms with Crippen molar-refractivity contribution in [2.45, 2.75) is 0 Å². The van der Waals surface area contributed by atoms with Gasteiger partial charge < -0.3 is 23.2 Å². The van der Waals surface area contributed by atoms with Gasteiger partial charge in [0.15, 0.2) is 0 Å². The van der Waals surface area contributed by atoms with Gasteiger partial charge in [-0.1, -0.05) is 18.2 Å². The van der Waals surface area contributed by atoms with Crippen LogP contribution in [-0.2, 0) is 0 Å². The first kappa shape index (κ1) is 23.5. The summed E-state index contributed by atoms with van der Waals surface area (Å²) in [6, 6.07) is 40.8. The summed E-state index contributed by atoms with van der Waals surface area (Å²) < 4.78 is 17.7. The van der Waals surface area contributed by atoms with E-state index < -0.39 is 0 Å². The van der Waals surface area contributed by atoms with E-state index in [0.717, 1.165) is 50.4 Å². The molecule has 0 aliphatic carbocycles. The van der Waals surface area contributed by atoms with Crippen LogP contribution in [0.2, 0.25) is 0 Å². The van der Waals surface area contributed by atoms with Gasteiger partial charge in [-0.2, -0.15) is 0 Å². The summed E-state index contributed by atoms with van der Waals surface area (Å²) in [5.41, 5.74) is 8.02. The molecule has 8 rings (SSSR count). The van der Waals surface area contributed by atoms with Crippen molar-refractivity contribution in [3.63, 3.8) is 0 Å². The number of rotatable bonds is 5. The molecule has 3 aromatic heterocycles. The number of hydrogen-bond acceptors (Lipinski definition) is 2. The lowest BCUT2D eigenvalue weighted by Gasteiger charge is -2.10. The Balaban J connectivity index is 1.37. The van der Waals surface area contributed by atoms with E-state index in [1.54, 1.807) is 14.2 Å². The summed E-state index contributed by atoms with van der Waals surface area (Å²) >= 11 is 0. The summed E-state index contributed by atoms with van der Waals surface area (Å²) in [6.45, 7) is 0. The number of nitrogens with zero attached hydrogens (tertiary/aromatic N) is 3. The van der Waals surface area contributed by atoms with Crippen LogP contribution in [-0.4, -0.2) is 27.9 Å². The standard InChI is InChI=1S/C36H27N3O2/c1-40-29-10-14-33-24(20-29)16-18-37(33)27-8-12-35-31(22-27)32-23-28(9-13-36(32)39(35)26-6-4-3-5-7-26)38-19-17-25-21-30(41-2)11-15-34(25)38/h3-23H,1-2H3. The molecule has 8 aromatic rings. The predicted octanol–water partition coefficient (Wildman–Crippen LogP) is 8.69. The van der Waals surface area contributed by atoms with E-state index in [1.165, 1.54) is 21.8 Å². The minimum Gasteiger partial charge on any atom is -0.497 e. The fourth-order valence-electron chi connectivity index (χ4n) is 6.10. The number of hydrogen-bond donors (Lipinski definition) is 0. The van der Waals surface area contributed by atoms with Crippen molar-refractivity contribution < 1.29 is 9.47 Å². The largest absolute Gasteiger partial charge is 0.497 e. The van der Waals surface area contributed by atoms with Gasteiger partial charge in [0.25, 0.3) is 0 Å². The third kappa shape index (κ3) is 3.63. The molecule has 0 unspecified atom stereocenters. The summed E-state index contributed by atoms with van der Waals surface area (Å²) in [6.07, 6.45) is 4.26. The molecule has 0 N–H and O–H groups in total. The number of aromatic nitrogens is 3. The molecule has 0 aliphatic rings. The Morgan fingerprint density at radius 2 is 0.927 bits per heavy atom. The van der Waals surface area contributed by atoms with Crippen LogP contribution in [0.5, 0.6) is 11.5 Å². The summed E-state index contributed by atoms with van der Waals surface area (Å²) in [4.78, 5) is 0. The topological polar surface area (TPSA) is 33.2 Å². The molecule has 0 fully saturated rings. The van der Waals surface area contributed by atoms with E-state index in [4.69, 9.17) is 9.47 Å². The molecule has 0 spiro atoms. The van der Waals surface area contributed by atoms with Crippen molar-refractivity contribution in [1.82, 2.24) is 13.7 Å². The zero-order valence-electron chi connectivity index (χ0n) is 22.8. The van der Waals surface area contributed by atoms with Crippen molar-refractivity contribution in [1.29, 1.82) is 0 Å². The van der Waals surface area contributed by atoms with E-state index in [2.05, 4.69) is 129 Å². The normalized spacial score (nSPS) is 11.7. The molecule has 198 valence electrons. The van der Waals surface area contributed by atoms with Gasteiger partial charge in [-0.25, -0.2) is 0 Å². The van der Waals surface area contributed by atoms with Crippen LogP contribution in [0.15, 0.2) is 128 Å². The fraction of sp³-hybridized carbons (Fsp3) is 0.0556. The van der Waals surface area contributed by atoms with Crippen LogP contribution >= 0.6 is 0 Å². The average molecular weight is 534 g/mol. The van der Waals surface area contributed by atoms with Crippen molar-refractivity contribution in [3.05, 3.63) is 128 Å². The average Bonchev–Trinajstić information content (AvgIpc) is 3.73. The summed E-state index contributed by atoms with van der Waals surface area (Å²) in [5, 5.41) is 4.71. The second-order valence-corrected chi connectivity index (χ2v) is 10.3. The van der Waals surface area contributed by atoms with E-state index in [-0.39, 0.29) is 0 Å². The van der Waals surface area contributed by atoms with Crippen LogP contribution in [0.3, 0.4) is 0 Å². The van der Waals surface area contributed by atoms with E-state index in [9.17, 15) is 0 Å². The highest BCUT2D eigenvalue weighted by Gasteiger charge is 2.16. The maximum absolute atomic E-state index is 5.45. The fourth-order valence-corrected chi connectivity index (χ4v) is 6.10. The van der Waals surface area contributed by atoms with E-state index in [1.807, 2.05) is 12.1 Å². The second-order valence-electron chi connectivity index (χ2n) is 10.3. The minimum absolute atomic E-state index is 0.861. The Morgan fingerprint density at radius 3 is 1.41 bits per heavy atom. The van der Waals surface area contributed by atoms with Gasteiger partial charge in [0.2, 0.25) is 0 Å². The lowest BCUT2D eigenvalue weighted by atomic mass is 10.1. The third-order valence-electron chi connectivity index (χ3n) is 8.10. The zero-order chi connectivity index (χ0) is 27.5. The van der Waals surface area contributed by atoms with Gasteiger partial charge in [0.05, 0.1) is 36.3 Å². The maximum Gasteiger partial charge on any atom is 0.119 e. The van der Waals surface area contributed by atoms with Crippen LogP contribution in [0.1, 0.15) is 0 Å². The Labute approximate surface area is 237 Å². The molecule has 0 saturated heterocycles. The van der Waals surface area contributed by atoms with E-state index >= 15 is 0 Å². The molecule has 0 atom stereocenters. The van der Waals surface area contributed by atoms with Gasteiger partial charge in [-0.3, -0.25) is 0 Å². The maximum atomic E-state index is 5.45. The highest BCUT2D eigenvalue weighted by atomic mass is 16.5. The van der Waals surface area contributed by atoms with Gasteiger partial charge in [-0.15, -0.1) is 0 Å². The van der Waals surface area contributed by atoms with E-state index in [0.29, 0.717) is 0 Å². The Kier molecular flexibility index (Phi) is 5.19. The molecule has 0 bridgehead atoms. The van der Waals surface area contributed by atoms with Gasteiger partial charge in [0, 0.05) is 51.0 Å². The van der Waals surface area contributed by atoms with Crippen LogP contribution in [0.25, 0.3) is 60.7 Å². The first-order chi connectivity index (χ1) is 20.2. The van der Waals surface area contributed by atoms with Gasteiger partial charge in [0.1, 0.15) is 11.5 Å². The van der Waals surface area contributed by atoms with Crippen LogP contribution in [0.4, 0.5) is 0 Å². The monoisotopic (exact) mass is 533 g/mol. The molecular formula is C36H27N3O2. The van der Waals surface area contributed by atoms with Crippen LogP contribution < -0.4 is 9.47 Å². The SMILES string of the molecule is COc1ccc2c(ccn2-c2ccc3c(c2)c2cc(-n4ccc5cc(OC)ccc54)ccc2n3-c2ccccc2)c1. The lowest BCUT2D eigenvalue weighted by molar-refractivity contribution is 0.415. The molecule has 41 heavy (non-hydrogen) atoms. The molecule has 5 aromatic carbocycles. The van der Waals surface area contributed by atoms with Gasteiger partial charge in [-0.05, 0) is 97.1 Å². The van der Waals surface area contributed by atoms with Crippen molar-refractivity contribution in [2.75, 3.05) is 14.2 Å². The van der Waals surface area contributed by atoms with Gasteiger partial charge >= 0.3 is 0 Å². The molecule has 0 radical (unpaired) electrons. The lowest BCUT2D eigenvalue weighted by Crippen LogP contribution is -1.95. The molecular weight excluding hydrogens is 506 g/mol. The first-order valence-corrected chi connectivity index (χ1v) is 13.7. The molecule has 0 aliphatic heterocycles. The Morgan fingerprint density at radius 1 is 0.439 bits per heavy atom. The minimum atomic E-state index is 0.861. The van der Waals surface area contributed by atoms with Crippen molar-refractivity contribution in [3.8, 4) is 28.6 Å². The number of benzene rings is 5. The van der Waals surface area contributed by atoms with Crippen molar-refractivity contribution in [2.24, 2.45) is 0 Å². The summed E-state index contributed by atoms with van der Waals surface area (Å²) in [5.74, 6) is 1.72. The van der Waals surface area contributed by atoms with Crippen LogP contribution in [0, 0.1) is 0 Å². The Bertz CT molecular complexity index is 2100. The number of methoxy groups -OCH3 is 2. The second kappa shape index (κ2) is 9.07. The highest BCUT2D eigenvalue weighted by molar-refractivity contribution is 6.10. The smallest absolute Gasteiger partial charge is 0.119 e. The number of para-hydroxylation sites is 1. The Hall–Kier alpha value is -5.42.